The highest BCUT2D eigenvalue weighted by Crippen LogP contribution is 2.40. The molecule has 0 amide bonds. The molecule has 3 rings (SSSR count). The second-order valence-corrected chi connectivity index (χ2v) is 7.61. The molecule has 0 spiro atoms. The average molecular weight is 370 g/mol. The summed E-state index contributed by atoms with van der Waals surface area (Å²) < 4.78 is 20.1. The van der Waals surface area contributed by atoms with Gasteiger partial charge in [-0.3, -0.25) is 0 Å². The van der Waals surface area contributed by atoms with Gasteiger partial charge in [-0.05, 0) is 65.9 Å². The third kappa shape index (κ3) is 3.24. The molecule has 0 fully saturated rings. The van der Waals surface area contributed by atoms with E-state index in [1.807, 2.05) is 6.92 Å². The van der Waals surface area contributed by atoms with E-state index in [1.54, 1.807) is 17.4 Å². The highest BCUT2D eigenvalue weighted by Gasteiger charge is 2.23. The molecule has 2 aromatic rings. The number of halogens is 2. The molecule has 1 heterocycles. The van der Waals surface area contributed by atoms with Gasteiger partial charge in [-0.2, -0.15) is 0 Å². The maximum Gasteiger partial charge on any atom is 0.145 e. The lowest BCUT2D eigenvalue weighted by atomic mass is 9.94. The number of anilines is 1. The van der Waals surface area contributed by atoms with Crippen molar-refractivity contribution in [3.63, 3.8) is 0 Å². The first kappa shape index (κ1) is 14.9. The summed E-state index contributed by atoms with van der Waals surface area (Å²) in [5, 5.41) is 3.53. The van der Waals surface area contributed by atoms with Gasteiger partial charge in [0.25, 0.3) is 0 Å². The lowest BCUT2D eigenvalue weighted by Crippen LogP contribution is -2.16. The van der Waals surface area contributed by atoms with Crippen molar-refractivity contribution in [2.45, 2.75) is 32.2 Å². The first-order chi connectivity index (χ1) is 10.2. The number of thiophene rings is 1. The molecule has 0 bridgehead atoms. The Morgan fingerprint density at radius 1 is 1.43 bits per heavy atom. The van der Waals surface area contributed by atoms with Crippen molar-refractivity contribution < 1.29 is 9.13 Å². The van der Waals surface area contributed by atoms with Gasteiger partial charge < -0.3 is 10.1 Å². The zero-order chi connectivity index (χ0) is 14.8. The second kappa shape index (κ2) is 6.36. The fourth-order valence-corrected chi connectivity index (χ4v) is 4.57. The van der Waals surface area contributed by atoms with Crippen LogP contribution >= 0.6 is 27.3 Å². The molecule has 1 N–H and O–H groups in total. The number of nitrogens with one attached hydrogen (secondary N) is 1. The Kier molecular flexibility index (Phi) is 4.50. The van der Waals surface area contributed by atoms with Crippen LogP contribution in [0, 0.1) is 5.82 Å². The monoisotopic (exact) mass is 369 g/mol. The zero-order valence-electron chi connectivity index (χ0n) is 11.8. The van der Waals surface area contributed by atoms with Gasteiger partial charge in [-0.25, -0.2) is 4.39 Å². The molecule has 1 aromatic heterocycles. The van der Waals surface area contributed by atoms with Crippen LogP contribution in [0.2, 0.25) is 0 Å². The van der Waals surface area contributed by atoms with Crippen LogP contribution in [0.25, 0.3) is 0 Å². The first-order valence-electron chi connectivity index (χ1n) is 7.14. The minimum Gasteiger partial charge on any atom is -0.492 e. The predicted molar refractivity (Wildman–Crippen MR) is 88.9 cm³/mol. The number of rotatable bonds is 4. The van der Waals surface area contributed by atoms with Crippen LogP contribution in [0.1, 0.15) is 36.2 Å². The molecule has 5 heteroatoms. The Labute approximate surface area is 136 Å². The van der Waals surface area contributed by atoms with Crippen LogP contribution < -0.4 is 10.1 Å². The van der Waals surface area contributed by atoms with E-state index in [0.29, 0.717) is 12.4 Å². The summed E-state index contributed by atoms with van der Waals surface area (Å²) in [6, 6.07) is 7.13. The Bertz CT molecular complexity index is 643. The molecule has 1 aliphatic rings. The van der Waals surface area contributed by atoms with Gasteiger partial charge in [0.15, 0.2) is 0 Å². The second-order valence-electron chi connectivity index (χ2n) is 5.09. The van der Waals surface area contributed by atoms with E-state index >= 15 is 0 Å². The Morgan fingerprint density at radius 3 is 3.10 bits per heavy atom. The molecule has 0 radical (unpaired) electrons. The van der Waals surface area contributed by atoms with E-state index in [-0.39, 0.29) is 11.9 Å². The molecule has 0 saturated carbocycles. The van der Waals surface area contributed by atoms with Crippen LogP contribution in [0.4, 0.5) is 10.1 Å². The highest BCUT2D eigenvalue weighted by atomic mass is 79.9. The third-order valence-electron chi connectivity index (χ3n) is 3.66. The van der Waals surface area contributed by atoms with Gasteiger partial charge >= 0.3 is 0 Å². The minimum absolute atomic E-state index is 0.265. The fourth-order valence-electron chi connectivity index (χ4n) is 2.75. The van der Waals surface area contributed by atoms with E-state index in [1.165, 1.54) is 32.8 Å². The van der Waals surface area contributed by atoms with Crippen LogP contribution in [-0.2, 0) is 6.42 Å². The molecular formula is C16H17BrFNOS. The number of hydrogen-bond acceptors (Lipinski definition) is 3. The highest BCUT2D eigenvalue weighted by molar-refractivity contribution is 9.11. The van der Waals surface area contributed by atoms with Crippen molar-refractivity contribution in [1.82, 2.24) is 0 Å². The fraction of sp³-hybridized carbons (Fsp3) is 0.375. The van der Waals surface area contributed by atoms with Crippen molar-refractivity contribution in [1.29, 1.82) is 0 Å². The molecule has 1 atom stereocenters. The lowest BCUT2D eigenvalue weighted by Gasteiger charge is -2.25. The molecule has 1 aromatic carbocycles. The average Bonchev–Trinajstić information content (AvgIpc) is 2.83. The lowest BCUT2D eigenvalue weighted by molar-refractivity contribution is 0.339. The van der Waals surface area contributed by atoms with E-state index in [9.17, 15) is 4.39 Å². The summed E-state index contributed by atoms with van der Waals surface area (Å²) in [4.78, 5) is 1.44. The van der Waals surface area contributed by atoms with Crippen LogP contribution in [0.5, 0.6) is 5.75 Å². The van der Waals surface area contributed by atoms with Crippen molar-refractivity contribution in [3.05, 3.63) is 44.3 Å². The van der Waals surface area contributed by atoms with Gasteiger partial charge in [0.05, 0.1) is 22.1 Å². The van der Waals surface area contributed by atoms with E-state index in [4.69, 9.17) is 4.74 Å². The summed E-state index contributed by atoms with van der Waals surface area (Å²) in [5.74, 6) is 0.311. The van der Waals surface area contributed by atoms with E-state index < -0.39 is 0 Å². The number of fused-ring (bicyclic) bond motifs is 1. The van der Waals surface area contributed by atoms with E-state index in [2.05, 4.69) is 27.3 Å². The molecule has 112 valence electrons. The van der Waals surface area contributed by atoms with Gasteiger partial charge in [0.1, 0.15) is 11.6 Å². The van der Waals surface area contributed by atoms with Gasteiger partial charge in [-0.15, -0.1) is 11.3 Å². The van der Waals surface area contributed by atoms with Crippen molar-refractivity contribution in [3.8, 4) is 5.75 Å². The third-order valence-corrected chi connectivity index (χ3v) is 5.37. The van der Waals surface area contributed by atoms with Crippen molar-refractivity contribution >= 4 is 33.0 Å². The molecule has 21 heavy (non-hydrogen) atoms. The topological polar surface area (TPSA) is 21.3 Å². The predicted octanol–water partition coefficient (Wildman–Crippen LogP) is 5.54. The Hall–Kier alpha value is -1.07. The Morgan fingerprint density at radius 2 is 2.29 bits per heavy atom. The quantitative estimate of drug-likeness (QED) is 0.763. The maximum absolute atomic E-state index is 13.4. The maximum atomic E-state index is 13.4. The summed E-state index contributed by atoms with van der Waals surface area (Å²) >= 11 is 5.38. The number of benzene rings is 1. The molecule has 0 aliphatic heterocycles. The van der Waals surface area contributed by atoms with Crippen molar-refractivity contribution in [2.24, 2.45) is 0 Å². The molecule has 0 saturated heterocycles. The van der Waals surface area contributed by atoms with Gasteiger partial charge in [0, 0.05) is 10.9 Å². The SMILES string of the molecule is CCOc1cc(F)ccc1NC1CCCc2sc(Br)cc21. The summed E-state index contributed by atoms with van der Waals surface area (Å²) in [6.45, 7) is 2.43. The van der Waals surface area contributed by atoms with Crippen LogP contribution in [-0.4, -0.2) is 6.61 Å². The molecule has 2 nitrogen and oxygen atoms in total. The summed E-state index contributed by atoms with van der Waals surface area (Å²) in [5.41, 5.74) is 2.21. The normalized spacial score (nSPS) is 17.4. The minimum atomic E-state index is -0.272. The smallest absolute Gasteiger partial charge is 0.145 e. The molecule has 1 aliphatic carbocycles. The number of hydrogen-bond donors (Lipinski definition) is 1. The first-order valence-corrected chi connectivity index (χ1v) is 8.75. The van der Waals surface area contributed by atoms with E-state index in [0.717, 1.165) is 18.5 Å². The zero-order valence-corrected chi connectivity index (χ0v) is 14.2. The Balaban J connectivity index is 1.87. The largest absolute Gasteiger partial charge is 0.492 e. The summed E-state index contributed by atoms with van der Waals surface area (Å²) in [6.07, 6.45) is 3.40. The van der Waals surface area contributed by atoms with Gasteiger partial charge in [-0.1, -0.05) is 0 Å². The number of ether oxygens (including phenoxy) is 1. The van der Waals surface area contributed by atoms with Gasteiger partial charge in [0.2, 0.25) is 0 Å². The summed E-state index contributed by atoms with van der Waals surface area (Å²) in [7, 11) is 0. The van der Waals surface area contributed by atoms with Crippen molar-refractivity contribution in [2.75, 3.05) is 11.9 Å². The number of aryl methyl sites for hydroxylation is 1. The van der Waals surface area contributed by atoms with Crippen LogP contribution in [0.15, 0.2) is 28.1 Å². The van der Waals surface area contributed by atoms with Crippen LogP contribution in [0.3, 0.4) is 0 Å². The molecular weight excluding hydrogens is 353 g/mol. The standard InChI is InChI=1S/C16H17BrFNOS/c1-2-20-14-8-10(18)6-7-13(14)19-12-4-3-5-15-11(12)9-16(17)21-15/h6-9,12,19H,2-5H2,1H3. The molecule has 1 unspecified atom stereocenters.